The van der Waals surface area contributed by atoms with Crippen LogP contribution in [0.2, 0.25) is 0 Å². The largest absolute Gasteiger partial charge is 0.467 e. The Labute approximate surface area is 117 Å². The third kappa shape index (κ3) is 7.34. The van der Waals surface area contributed by atoms with E-state index in [1.54, 1.807) is 20.8 Å². The Hall–Kier alpha value is -2.12. The van der Waals surface area contributed by atoms with Crippen LogP contribution >= 0.6 is 0 Å². The van der Waals surface area contributed by atoms with E-state index in [4.69, 9.17) is 4.74 Å². The Kier molecular flexibility index (Phi) is 6.67. The van der Waals surface area contributed by atoms with Gasteiger partial charge in [-0.25, -0.2) is 9.59 Å². The second-order valence-corrected chi connectivity index (χ2v) is 4.99. The highest BCUT2D eigenvalue weighted by atomic mass is 16.6. The molecule has 0 unspecified atom stereocenters. The summed E-state index contributed by atoms with van der Waals surface area (Å²) in [7, 11) is 1.10. The quantitative estimate of drug-likeness (QED) is 0.533. The van der Waals surface area contributed by atoms with Crippen LogP contribution in [0, 0.1) is 0 Å². The van der Waals surface area contributed by atoms with E-state index in [1.807, 2.05) is 0 Å². The summed E-state index contributed by atoms with van der Waals surface area (Å²) in [6, 6.07) is -1.38. The standard InChI is InChI=1S/C12H20N2O6/c1-7(15)9(10(17)19-5)14-8(16)6-13-11(18)20-12(2,3)4/h9H,6H2,1-5H3,(H,13,18)(H,14,16)/t9-/m0/s1. The Morgan fingerprint density at radius 3 is 2.10 bits per heavy atom. The number of hydrogen-bond donors (Lipinski definition) is 2. The first-order valence-electron chi connectivity index (χ1n) is 5.91. The van der Waals surface area contributed by atoms with Gasteiger partial charge in [-0.3, -0.25) is 9.59 Å². The summed E-state index contributed by atoms with van der Waals surface area (Å²) in [6.07, 6.45) is -0.773. The molecule has 0 saturated heterocycles. The number of esters is 1. The molecule has 0 aromatic carbocycles. The summed E-state index contributed by atoms with van der Waals surface area (Å²) < 4.78 is 9.30. The molecule has 0 saturated carbocycles. The van der Waals surface area contributed by atoms with Gasteiger partial charge in [0.25, 0.3) is 0 Å². The smallest absolute Gasteiger partial charge is 0.408 e. The van der Waals surface area contributed by atoms with Crippen LogP contribution in [0.1, 0.15) is 27.7 Å². The van der Waals surface area contributed by atoms with Gasteiger partial charge >= 0.3 is 12.1 Å². The van der Waals surface area contributed by atoms with Gasteiger partial charge in [0.15, 0.2) is 11.8 Å². The Balaban J connectivity index is 4.32. The van der Waals surface area contributed by atoms with Crippen molar-refractivity contribution in [1.82, 2.24) is 10.6 Å². The molecule has 2 N–H and O–H groups in total. The summed E-state index contributed by atoms with van der Waals surface area (Å²) >= 11 is 0. The van der Waals surface area contributed by atoms with E-state index in [-0.39, 0.29) is 0 Å². The molecule has 0 radical (unpaired) electrons. The van der Waals surface area contributed by atoms with E-state index in [1.165, 1.54) is 0 Å². The molecule has 114 valence electrons. The monoisotopic (exact) mass is 288 g/mol. The maximum absolute atomic E-state index is 11.5. The highest BCUT2D eigenvalue weighted by Gasteiger charge is 2.26. The van der Waals surface area contributed by atoms with Crippen molar-refractivity contribution < 1.29 is 28.7 Å². The van der Waals surface area contributed by atoms with Gasteiger partial charge in [-0.1, -0.05) is 0 Å². The van der Waals surface area contributed by atoms with Gasteiger partial charge in [-0.2, -0.15) is 0 Å². The van der Waals surface area contributed by atoms with Crippen LogP contribution in [0.5, 0.6) is 0 Å². The molecule has 0 aliphatic rings. The van der Waals surface area contributed by atoms with Crippen LogP contribution in [0.3, 0.4) is 0 Å². The fourth-order valence-corrected chi connectivity index (χ4v) is 1.12. The lowest BCUT2D eigenvalue weighted by Gasteiger charge is -2.20. The minimum Gasteiger partial charge on any atom is -0.467 e. The minimum atomic E-state index is -1.38. The number of rotatable bonds is 5. The van der Waals surface area contributed by atoms with Crippen molar-refractivity contribution in [1.29, 1.82) is 0 Å². The maximum atomic E-state index is 11.5. The van der Waals surface area contributed by atoms with Crippen LogP contribution in [0.4, 0.5) is 4.79 Å². The van der Waals surface area contributed by atoms with Crippen LogP contribution in [0.15, 0.2) is 0 Å². The van der Waals surface area contributed by atoms with E-state index >= 15 is 0 Å². The van der Waals surface area contributed by atoms with E-state index in [9.17, 15) is 19.2 Å². The van der Waals surface area contributed by atoms with Crippen molar-refractivity contribution in [2.24, 2.45) is 0 Å². The number of Topliss-reactive ketones (excluding diaryl/α,β-unsaturated/α-hetero) is 1. The molecular formula is C12H20N2O6. The fourth-order valence-electron chi connectivity index (χ4n) is 1.12. The molecule has 0 aromatic rings. The van der Waals surface area contributed by atoms with Gasteiger partial charge in [0.05, 0.1) is 7.11 Å². The summed E-state index contributed by atoms with van der Waals surface area (Å²) in [5.74, 6) is -2.15. The molecular weight excluding hydrogens is 268 g/mol. The SMILES string of the molecule is COC(=O)[C@@H](NC(=O)CNC(=O)OC(C)(C)C)C(C)=O. The third-order valence-electron chi connectivity index (χ3n) is 1.94. The van der Waals surface area contributed by atoms with Crippen LogP contribution in [-0.4, -0.2) is 49.1 Å². The lowest BCUT2D eigenvalue weighted by atomic mass is 10.2. The number of ketones is 1. The zero-order valence-corrected chi connectivity index (χ0v) is 12.2. The molecule has 20 heavy (non-hydrogen) atoms. The first-order valence-corrected chi connectivity index (χ1v) is 5.91. The molecule has 0 spiro atoms. The van der Waals surface area contributed by atoms with Gasteiger partial charge in [-0.15, -0.1) is 0 Å². The van der Waals surface area contributed by atoms with Crippen LogP contribution < -0.4 is 10.6 Å². The van der Waals surface area contributed by atoms with Crippen molar-refractivity contribution in [3.05, 3.63) is 0 Å². The first-order chi connectivity index (χ1) is 9.06. The number of nitrogens with one attached hydrogen (secondary N) is 2. The molecule has 8 heteroatoms. The van der Waals surface area contributed by atoms with E-state index in [0.29, 0.717) is 0 Å². The molecule has 0 aromatic heterocycles. The summed E-state index contributed by atoms with van der Waals surface area (Å²) in [5, 5.41) is 4.36. The highest BCUT2D eigenvalue weighted by Crippen LogP contribution is 2.06. The number of amides is 2. The normalized spacial score (nSPS) is 12.1. The molecule has 0 heterocycles. The number of hydrogen-bond acceptors (Lipinski definition) is 6. The number of alkyl carbamates (subject to hydrolysis) is 1. The molecule has 2 amide bonds. The van der Waals surface area contributed by atoms with Crippen LogP contribution in [-0.2, 0) is 23.9 Å². The summed E-state index contributed by atoms with van der Waals surface area (Å²) in [4.78, 5) is 45.2. The molecule has 0 bridgehead atoms. The van der Waals surface area contributed by atoms with Gasteiger partial charge < -0.3 is 20.1 Å². The molecule has 8 nitrogen and oxygen atoms in total. The van der Waals surface area contributed by atoms with E-state index in [0.717, 1.165) is 14.0 Å². The lowest BCUT2D eigenvalue weighted by molar-refractivity contribution is -0.148. The topological polar surface area (TPSA) is 111 Å². The van der Waals surface area contributed by atoms with Crippen LogP contribution in [0.25, 0.3) is 0 Å². The van der Waals surface area contributed by atoms with E-state index in [2.05, 4.69) is 15.4 Å². The Bertz CT molecular complexity index is 399. The van der Waals surface area contributed by atoms with Crippen molar-refractivity contribution in [3.63, 3.8) is 0 Å². The minimum absolute atomic E-state index is 0.421. The first kappa shape index (κ1) is 17.9. The zero-order valence-electron chi connectivity index (χ0n) is 12.2. The van der Waals surface area contributed by atoms with Crippen molar-refractivity contribution in [2.75, 3.05) is 13.7 Å². The number of carbonyl (C=O) groups is 4. The van der Waals surface area contributed by atoms with E-state index < -0.39 is 41.9 Å². The predicted octanol–water partition coefficient (Wildman–Crippen LogP) is -0.242. The average molecular weight is 288 g/mol. The maximum Gasteiger partial charge on any atom is 0.408 e. The Morgan fingerprint density at radius 2 is 1.70 bits per heavy atom. The molecule has 1 atom stereocenters. The molecule has 0 rings (SSSR count). The van der Waals surface area contributed by atoms with Gasteiger partial charge in [0.2, 0.25) is 5.91 Å². The Morgan fingerprint density at radius 1 is 1.15 bits per heavy atom. The molecule has 0 fully saturated rings. The van der Waals surface area contributed by atoms with Gasteiger partial charge in [-0.05, 0) is 27.7 Å². The molecule has 0 aliphatic heterocycles. The highest BCUT2D eigenvalue weighted by molar-refractivity contribution is 6.05. The van der Waals surface area contributed by atoms with Crippen molar-refractivity contribution in [3.8, 4) is 0 Å². The summed E-state index contributed by atoms with van der Waals surface area (Å²) in [5.41, 5.74) is -0.686. The fraction of sp³-hybridized carbons (Fsp3) is 0.667. The van der Waals surface area contributed by atoms with Gasteiger partial charge in [0, 0.05) is 0 Å². The number of ether oxygens (including phenoxy) is 2. The zero-order chi connectivity index (χ0) is 15.9. The van der Waals surface area contributed by atoms with Crippen molar-refractivity contribution >= 4 is 23.8 Å². The van der Waals surface area contributed by atoms with Gasteiger partial charge in [0.1, 0.15) is 12.1 Å². The molecule has 0 aliphatic carbocycles. The van der Waals surface area contributed by atoms with Crippen molar-refractivity contribution in [2.45, 2.75) is 39.3 Å². The number of carbonyl (C=O) groups excluding carboxylic acids is 4. The third-order valence-corrected chi connectivity index (χ3v) is 1.94. The summed E-state index contributed by atoms with van der Waals surface area (Å²) in [6.45, 7) is 5.75. The number of methoxy groups -OCH3 is 1. The predicted molar refractivity (Wildman–Crippen MR) is 68.9 cm³/mol. The average Bonchev–Trinajstić information content (AvgIpc) is 2.30. The lowest BCUT2D eigenvalue weighted by Crippen LogP contribution is -2.49. The second-order valence-electron chi connectivity index (χ2n) is 4.99. The second kappa shape index (κ2) is 7.46.